The molecule has 0 radical (unpaired) electrons. The van der Waals surface area contributed by atoms with E-state index in [1.54, 1.807) is 0 Å². The third kappa shape index (κ3) is 3.50. The molecule has 5 heteroatoms. The van der Waals surface area contributed by atoms with Crippen molar-refractivity contribution < 1.29 is 19.0 Å². The number of ether oxygens (including phenoxy) is 3. The van der Waals surface area contributed by atoms with Gasteiger partial charge in [0, 0.05) is 12.3 Å². The molecule has 1 fully saturated rings. The van der Waals surface area contributed by atoms with Crippen LogP contribution < -0.4 is 0 Å². The Morgan fingerprint density at radius 3 is 2.85 bits per heavy atom. The predicted molar refractivity (Wildman–Crippen MR) is 46.6 cm³/mol. The van der Waals surface area contributed by atoms with Gasteiger partial charge in [-0.25, -0.2) is 0 Å². The fourth-order valence-electron chi connectivity index (χ4n) is 1.18. The highest BCUT2D eigenvalue weighted by molar-refractivity contribution is 6.18. The molecule has 0 aromatic heterocycles. The Labute approximate surface area is 82.1 Å². The molecule has 1 heterocycles. The number of esters is 1. The molecule has 0 spiro atoms. The van der Waals surface area contributed by atoms with E-state index >= 15 is 0 Å². The van der Waals surface area contributed by atoms with Crippen molar-refractivity contribution in [2.45, 2.75) is 25.0 Å². The molecule has 2 atom stereocenters. The zero-order chi connectivity index (χ0) is 9.68. The third-order valence-electron chi connectivity index (χ3n) is 1.93. The van der Waals surface area contributed by atoms with E-state index in [0.717, 1.165) is 0 Å². The lowest BCUT2D eigenvalue weighted by molar-refractivity contribution is -0.177. The Bertz CT molecular complexity index is 174. The van der Waals surface area contributed by atoms with Gasteiger partial charge in [0.1, 0.15) is 6.79 Å². The molecule has 4 nitrogen and oxygen atoms in total. The maximum Gasteiger partial charge on any atom is 0.308 e. The molecule has 13 heavy (non-hydrogen) atoms. The number of carbonyl (C=O) groups excluding carboxylic acids is 1. The standard InChI is InChI=1S/C8H13ClO4/c1-11-8(10)3-6-2-7(4-9)13-5-12-6/h6-7H,2-5H2,1H3/t6-,7+/m0/s1. The summed E-state index contributed by atoms with van der Waals surface area (Å²) in [6.45, 7) is 0.207. The number of hydrogen-bond acceptors (Lipinski definition) is 4. The van der Waals surface area contributed by atoms with E-state index in [2.05, 4.69) is 4.74 Å². The first-order valence-electron chi connectivity index (χ1n) is 4.12. The molecule has 76 valence electrons. The SMILES string of the molecule is COC(=O)C[C@@H]1C[C@H](CCl)OCO1. The van der Waals surface area contributed by atoms with Crippen molar-refractivity contribution in [3.8, 4) is 0 Å². The van der Waals surface area contributed by atoms with Gasteiger partial charge in [-0.2, -0.15) is 0 Å². The second-order valence-corrected chi connectivity index (χ2v) is 3.17. The molecule has 0 amide bonds. The van der Waals surface area contributed by atoms with E-state index in [-0.39, 0.29) is 31.4 Å². The minimum absolute atomic E-state index is 0.00919. The van der Waals surface area contributed by atoms with Crippen LogP contribution in [0.1, 0.15) is 12.8 Å². The maximum atomic E-state index is 10.9. The van der Waals surface area contributed by atoms with Gasteiger partial charge >= 0.3 is 5.97 Å². The van der Waals surface area contributed by atoms with Crippen LogP contribution in [0.5, 0.6) is 0 Å². The average molecular weight is 209 g/mol. The predicted octanol–water partition coefficient (Wildman–Crippen LogP) is 0.920. The third-order valence-corrected chi connectivity index (χ3v) is 2.27. The Hall–Kier alpha value is -0.320. The first kappa shape index (κ1) is 10.8. The largest absolute Gasteiger partial charge is 0.469 e. The molecule has 0 saturated carbocycles. The quantitative estimate of drug-likeness (QED) is 0.511. The second kappa shape index (κ2) is 5.42. The van der Waals surface area contributed by atoms with Crippen molar-refractivity contribution in [1.82, 2.24) is 0 Å². The van der Waals surface area contributed by atoms with E-state index in [1.807, 2.05) is 0 Å². The molecule has 0 bridgehead atoms. The van der Waals surface area contributed by atoms with Crippen molar-refractivity contribution in [3.63, 3.8) is 0 Å². The van der Waals surface area contributed by atoms with E-state index in [1.165, 1.54) is 7.11 Å². The second-order valence-electron chi connectivity index (χ2n) is 2.87. The Kier molecular flexibility index (Phi) is 4.48. The van der Waals surface area contributed by atoms with Crippen LogP contribution in [0.4, 0.5) is 0 Å². The molecule has 0 unspecified atom stereocenters. The fraction of sp³-hybridized carbons (Fsp3) is 0.875. The lowest BCUT2D eigenvalue weighted by Crippen LogP contribution is -2.33. The molecular formula is C8H13ClO4. The minimum atomic E-state index is -0.264. The van der Waals surface area contributed by atoms with Gasteiger partial charge < -0.3 is 14.2 Å². The lowest BCUT2D eigenvalue weighted by Gasteiger charge is -2.27. The Morgan fingerprint density at radius 2 is 2.23 bits per heavy atom. The van der Waals surface area contributed by atoms with Crippen molar-refractivity contribution in [1.29, 1.82) is 0 Å². The summed E-state index contributed by atoms with van der Waals surface area (Å²) in [6.07, 6.45) is 0.793. The van der Waals surface area contributed by atoms with E-state index < -0.39 is 0 Å². The molecule has 1 rings (SSSR count). The average Bonchev–Trinajstić information content (AvgIpc) is 2.18. The first-order valence-corrected chi connectivity index (χ1v) is 4.65. The van der Waals surface area contributed by atoms with Crippen LogP contribution in [-0.4, -0.2) is 38.0 Å². The van der Waals surface area contributed by atoms with Gasteiger partial charge in [0.2, 0.25) is 0 Å². The molecule has 0 aliphatic carbocycles. The van der Waals surface area contributed by atoms with E-state index in [9.17, 15) is 4.79 Å². The van der Waals surface area contributed by atoms with Crippen LogP contribution >= 0.6 is 11.6 Å². The van der Waals surface area contributed by atoms with Gasteiger partial charge in [-0.3, -0.25) is 4.79 Å². The van der Waals surface area contributed by atoms with Crippen LogP contribution in [0.25, 0.3) is 0 Å². The number of rotatable bonds is 3. The summed E-state index contributed by atoms with van der Waals surface area (Å²) in [5.74, 6) is 0.168. The first-order chi connectivity index (χ1) is 6.26. The minimum Gasteiger partial charge on any atom is -0.469 e. The summed E-state index contributed by atoms with van der Waals surface area (Å²) < 4.78 is 14.9. The zero-order valence-electron chi connectivity index (χ0n) is 7.49. The zero-order valence-corrected chi connectivity index (χ0v) is 8.25. The van der Waals surface area contributed by atoms with Gasteiger partial charge in [-0.15, -0.1) is 11.6 Å². The smallest absolute Gasteiger partial charge is 0.308 e. The van der Waals surface area contributed by atoms with E-state index in [4.69, 9.17) is 21.1 Å². The topological polar surface area (TPSA) is 44.8 Å². The van der Waals surface area contributed by atoms with Gasteiger partial charge in [-0.1, -0.05) is 0 Å². The van der Waals surface area contributed by atoms with Gasteiger partial charge in [0.15, 0.2) is 0 Å². The van der Waals surface area contributed by atoms with Gasteiger partial charge in [0.05, 0.1) is 25.7 Å². The number of methoxy groups -OCH3 is 1. The number of hydrogen-bond donors (Lipinski definition) is 0. The molecular weight excluding hydrogens is 196 g/mol. The molecule has 0 aromatic carbocycles. The fourth-order valence-corrected chi connectivity index (χ4v) is 1.40. The summed E-state index contributed by atoms with van der Waals surface area (Å²) in [4.78, 5) is 10.9. The number of halogens is 1. The maximum absolute atomic E-state index is 10.9. The highest BCUT2D eigenvalue weighted by Crippen LogP contribution is 2.17. The summed E-state index contributed by atoms with van der Waals surface area (Å²) >= 11 is 5.62. The van der Waals surface area contributed by atoms with Gasteiger partial charge in [0.25, 0.3) is 0 Å². The number of carbonyl (C=O) groups is 1. The summed E-state index contributed by atoms with van der Waals surface area (Å²) in [6, 6.07) is 0. The monoisotopic (exact) mass is 208 g/mol. The van der Waals surface area contributed by atoms with Crippen LogP contribution in [0.3, 0.4) is 0 Å². The Morgan fingerprint density at radius 1 is 1.54 bits per heavy atom. The molecule has 0 N–H and O–H groups in total. The number of alkyl halides is 1. The van der Waals surface area contributed by atoms with Crippen LogP contribution in [0.15, 0.2) is 0 Å². The van der Waals surface area contributed by atoms with Crippen molar-refractivity contribution in [2.75, 3.05) is 19.8 Å². The summed E-state index contributed by atoms with van der Waals surface area (Å²) in [7, 11) is 1.36. The molecule has 1 saturated heterocycles. The van der Waals surface area contributed by atoms with Crippen LogP contribution in [0.2, 0.25) is 0 Å². The van der Waals surface area contributed by atoms with Crippen molar-refractivity contribution in [3.05, 3.63) is 0 Å². The van der Waals surface area contributed by atoms with Gasteiger partial charge in [-0.05, 0) is 0 Å². The van der Waals surface area contributed by atoms with Crippen molar-refractivity contribution in [2.24, 2.45) is 0 Å². The lowest BCUT2D eigenvalue weighted by atomic mass is 10.1. The van der Waals surface area contributed by atoms with Crippen LogP contribution in [-0.2, 0) is 19.0 Å². The van der Waals surface area contributed by atoms with E-state index in [0.29, 0.717) is 12.3 Å². The highest BCUT2D eigenvalue weighted by Gasteiger charge is 2.24. The summed E-state index contributed by atoms with van der Waals surface area (Å²) in [5, 5.41) is 0. The summed E-state index contributed by atoms with van der Waals surface area (Å²) in [5.41, 5.74) is 0. The van der Waals surface area contributed by atoms with Crippen molar-refractivity contribution >= 4 is 17.6 Å². The molecule has 1 aliphatic rings. The highest BCUT2D eigenvalue weighted by atomic mass is 35.5. The normalized spacial score (nSPS) is 28.5. The molecule has 0 aromatic rings. The Balaban J connectivity index is 2.29. The molecule has 1 aliphatic heterocycles. The van der Waals surface area contributed by atoms with Crippen LogP contribution in [0, 0.1) is 0 Å².